The number of benzene rings is 1. The van der Waals surface area contributed by atoms with Crippen molar-refractivity contribution in [3.8, 4) is 0 Å². The molecule has 3 rings (SSSR count). The van der Waals surface area contributed by atoms with Crippen LogP contribution in [-0.4, -0.2) is 16.9 Å². The summed E-state index contributed by atoms with van der Waals surface area (Å²) in [5.74, 6) is 0.0638. The van der Waals surface area contributed by atoms with Crippen LogP contribution in [0.3, 0.4) is 0 Å². The zero-order chi connectivity index (χ0) is 18.7. The third-order valence-electron chi connectivity index (χ3n) is 4.26. The molecule has 2 N–H and O–H groups in total. The minimum absolute atomic E-state index is 0.178. The van der Waals surface area contributed by atoms with Crippen LogP contribution in [0.4, 0.5) is 24.7 Å². The molecule has 0 atom stereocenters. The summed E-state index contributed by atoms with van der Waals surface area (Å²) in [6, 6.07) is 6.76. The molecule has 0 unspecified atom stereocenters. The molecule has 138 valence electrons. The van der Waals surface area contributed by atoms with Crippen molar-refractivity contribution in [3.05, 3.63) is 52.7 Å². The van der Waals surface area contributed by atoms with Crippen molar-refractivity contribution >= 4 is 29.0 Å². The van der Waals surface area contributed by atoms with Crippen LogP contribution in [0.2, 0.25) is 5.02 Å². The summed E-state index contributed by atoms with van der Waals surface area (Å²) < 4.78 is 38.9. The van der Waals surface area contributed by atoms with Gasteiger partial charge in [0.15, 0.2) is 0 Å². The Morgan fingerprint density at radius 1 is 1.15 bits per heavy atom. The minimum Gasteiger partial charge on any atom is -0.349 e. The van der Waals surface area contributed by atoms with Crippen molar-refractivity contribution < 1.29 is 18.0 Å². The monoisotopic (exact) mass is 383 g/mol. The number of hydrogen-bond donors (Lipinski definition) is 2. The SMILES string of the molecule is O=C(NC1CCCC1)c1ccnc(Nc2ccc(Cl)c(C(F)(F)F)c2)c1. The highest BCUT2D eigenvalue weighted by Gasteiger charge is 2.33. The van der Waals surface area contributed by atoms with Crippen LogP contribution in [0.1, 0.15) is 41.6 Å². The van der Waals surface area contributed by atoms with E-state index >= 15 is 0 Å². The lowest BCUT2D eigenvalue weighted by atomic mass is 10.2. The van der Waals surface area contributed by atoms with E-state index in [0.29, 0.717) is 5.56 Å². The van der Waals surface area contributed by atoms with Gasteiger partial charge in [0.05, 0.1) is 10.6 Å². The number of hydrogen-bond acceptors (Lipinski definition) is 3. The maximum absolute atomic E-state index is 13.0. The first-order valence-electron chi connectivity index (χ1n) is 8.23. The molecular formula is C18H17ClF3N3O. The normalized spacial score (nSPS) is 15.1. The number of carbonyl (C=O) groups is 1. The third-order valence-corrected chi connectivity index (χ3v) is 4.59. The molecule has 2 aromatic rings. The summed E-state index contributed by atoms with van der Waals surface area (Å²) >= 11 is 5.62. The molecule has 1 amide bonds. The lowest BCUT2D eigenvalue weighted by Gasteiger charge is -2.14. The molecule has 0 spiro atoms. The number of alkyl halides is 3. The maximum Gasteiger partial charge on any atom is 0.417 e. The van der Waals surface area contributed by atoms with Gasteiger partial charge in [-0.25, -0.2) is 4.98 Å². The zero-order valence-corrected chi connectivity index (χ0v) is 14.5. The Balaban J connectivity index is 1.75. The molecule has 1 aromatic heterocycles. The van der Waals surface area contributed by atoms with Gasteiger partial charge in [0.25, 0.3) is 5.91 Å². The van der Waals surface area contributed by atoms with Gasteiger partial charge in [0.1, 0.15) is 5.82 Å². The van der Waals surface area contributed by atoms with Crippen molar-refractivity contribution in [3.63, 3.8) is 0 Å². The summed E-state index contributed by atoms with van der Waals surface area (Å²) in [7, 11) is 0. The highest BCUT2D eigenvalue weighted by Crippen LogP contribution is 2.36. The first-order valence-corrected chi connectivity index (χ1v) is 8.61. The van der Waals surface area contributed by atoms with Crippen LogP contribution in [0.5, 0.6) is 0 Å². The van der Waals surface area contributed by atoms with E-state index in [0.717, 1.165) is 31.7 Å². The highest BCUT2D eigenvalue weighted by atomic mass is 35.5. The van der Waals surface area contributed by atoms with E-state index in [4.69, 9.17) is 11.6 Å². The van der Waals surface area contributed by atoms with E-state index in [-0.39, 0.29) is 28.5 Å². The molecule has 0 bridgehead atoms. The number of anilines is 2. The molecular weight excluding hydrogens is 367 g/mol. The van der Waals surface area contributed by atoms with Crippen molar-refractivity contribution in [2.45, 2.75) is 37.9 Å². The van der Waals surface area contributed by atoms with Gasteiger partial charge in [-0.1, -0.05) is 24.4 Å². The zero-order valence-electron chi connectivity index (χ0n) is 13.7. The van der Waals surface area contributed by atoms with Crippen molar-refractivity contribution in [2.75, 3.05) is 5.32 Å². The van der Waals surface area contributed by atoms with E-state index in [9.17, 15) is 18.0 Å². The Hall–Kier alpha value is -2.28. The summed E-state index contributed by atoms with van der Waals surface area (Å²) in [6.45, 7) is 0. The lowest BCUT2D eigenvalue weighted by molar-refractivity contribution is -0.137. The Morgan fingerprint density at radius 2 is 1.88 bits per heavy atom. The van der Waals surface area contributed by atoms with Gasteiger partial charge in [-0.3, -0.25) is 4.79 Å². The third kappa shape index (κ3) is 4.46. The molecule has 26 heavy (non-hydrogen) atoms. The average molecular weight is 384 g/mol. The van der Waals surface area contributed by atoms with E-state index in [1.807, 2.05) is 0 Å². The van der Waals surface area contributed by atoms with Gasteiger partial charge in [0.2, 0.25) is 0 Å². The minimum atomic E-state index is -4.55. The largest absolute Gasteiger partial charge is 0.417 e. The fourth-order valence-electron chi connectivity index (χ4n) is 2.95. The number of aromatic nitrogens is 1. The number of halogens is 4. The van der Waals surface area contributed by atoms with Crippen LogP contribution in [0, 0.1) is 0 Å². The lowest BCUT2D eigenvalue weighted by Crippen LogP contribution is -2.32. The van der Waals surface area contributed by atoms with Gasteiger partial charge in [-0.2, -0.15) is 13.2 Å². The van der Waals surface area contributed by atoms with Crippen LogP contribution in [-0.2, 0) is 6.18 Å². The average Bonchev–Trinajstić information content (AvgIpc) is 3.09. The number of carbonyl (C=O) groups excluding carboxylic acids is 1. The molecule has 0 radical (unpaired) electrons. The van der Waals surface area contributed by atoms with Crippen molar-refractivity contribution in [1.29, 1.82) is 0 Å². The van der Waals surface area contributed by atoms with Gasteiger partial charge in [-0.05, 0) is 43.2 Å². The van der Waals surface area contributed by atoms with Gasteiger partial charge in [0, 0.05) is 23.5 Å². The first kappa shape index (κ1) is 18.5. The number of amides is 1. The Bertz CT molecular complexity index is 805. The Morgan fingerprint density at radius 3 is 2.58 bits per heavy atom. The van der Waals surface area contributed by atoms with E-state index < -0.39 is 11.7 Å². The summed E-state index contributed by atoms with van der Waals surface area (Å²) in [5, 5.41) is 5.37. The molecule has 1 aliphatic rings. The molecule has 1 aliphatic carbocycles. The number of pyridine rings is 1. The van der Waals surface area contributed by atoms with Gasteiger partial charge < -0.3 is 10.6 Å². The topological polar surface area (TPSA) is 54.0 Å². The second-order valence-corrected chi connectivity index (χ2v) is 6.61. The van der Waals surface area contributed by atoms with Crippen LogP contribution in [0.25, 0.3) is 0 Å². The van der Waals surface area contributed by atoms with Crippen LogP contribution < -0.4 is 10.6 Å². The molecule has 0 aliphatic heterocycles. The van der Waals surface area contributed by atoms with Crippen molar-refractivity contribution in [2.24, 2.45) is 0 Å². The molecule has 1 fully saturated rings. The van der Waals surface area contributed by atoms with Crippen molar-refractivity contribution in [1.82, 2.24) is 10.3 Å². The number of rotatable bonds is 4. The first-order chi connectivity index (χ1) is 12.3. The van der Waals surface area contributed by atoms with Crippen LogP contribution >= 0.6 is 11.6 Å². The van der Waals surface area contributed by atoms with Gasteiger partial charge >= 0.3 is 6.18 Å². The molecule has 1 saturated carbocycles. The second-order valence-electron chi connectivity index (χ2n) is 6.20. The summed E-state index contributed by atoms with van der Waals surface area (Å²) in [4.78, 5) is 16.4. The predicted octanol–water partition coefficient (Wildman–Crippen LogP) is 5.17. The molecule has 1 aromatic carbocycles. The molecule has 1 heterocycles. The summed E-state index contributed by atoms with van der Waals surface area (Å²) in [6.07, 6.45) is 1.02. The van der Waals surface area contributed by atoms with Gasteiger partial charge in [-0.15, -0.1) is 0 Å². The predicted molar refractivity (Wildman–Crippen MR) is 93.7 cm³/mol. The number of nitrogens with one attached hydrogen (secondary N) is 2. The van der Waals surface area contributed by atoms with Crippen LogP contribution in [0.15, 0.2) is 36.5 Å². The summed E-state index contributed by atoms with van der Waals surface area (Å²) in [5.41, 5.74) is -0.346. The molecule has 8 heteroatoms. The quantitative estimate of drug-likeness (QED) is 0.765. The molecule has 4 nitrogen and oxygen atoms in total. The maximum atomic E-state index is 13.0. The van der Waals surface area contributed by atoms with E-state index in [1.165, 1.54) is 24.4 Å². The molecule has 0 saturated heterocycles. The highest BCUT2D eigenvalue weighted by molar-refractivity contribution is 6.31. The fourth-order valence-corrected chi connectivity index (χ4v) is 3.17. The Labute approximate surface area is 153 Å². The fraction of sp³-hybridized carbons (Fsp3) is 0.333. The standard InChI is InChI=1S/C18H17ClF3N3O/c19-15-6-5-13(10-14(15)18(20,21)22)24-16-9-11(7-8-23-16)17(26)25-12-3-1-2-4-12/h5-10,12H,1-4H2,(H,23,24)(H,25,26). The van der Waals surface area contributed by atoms with E-state index in [2.05, 4.69) is 15.6 Å². The number of nitrogens with zero attached hydrogens (tertiary/aromatic N) is 1. The second kappa shape index (κ2) is 7.53. The van der Waals surface area contributed by atoms with E-state index in [1.54, 1.807) is 6.07 Å². The smallest absolute Gasteiger partial charge is 0.349 e. The Kier molecular flexibility index (Phi) is 5.36.